The van der Waals surface area contributed by atoms with E-state index in [0.717, 1.165) is 24.8 Å². The van der Waals surface area contributed by atoms with Crippen molar-refractivity contribution in [3.63, 3.8) is 0 Å². The van der Waals surface area contributed by atoms with Crippen molar-refractivity contribution in [2.45, 2.75) is 38.5 Å². The summed E-state index contributed by atoms with van der Waals surface area (Å²) in [7, 11) is 1.41. The average Bonchev–Trinajstić information content (AvgIpc) is 2.35. The number of methoxy groups -OCH3 is 1. The van der Waals surface area contributed by atoms with Gasteiger partial charge in [-0.25, -0.2) is 0 Å². The first kappa shape index (κ1) is 13.6. The summed E-state index contributed by atoms with van der Waals surface area (Å²) in [5.41, 5.74) is 0.258. The van der Waals surface area contributed by atoms with Crippen molar-refractivity contribution in [2.24, 2.45) is 0 Å². The number of unbranched alkanes of at least 4 members (excludes halogenated alkanes) is 1. The van der Waals surface area contributed by atoms with Crippen molar-refractivity contribution >= 4 is 5.97 Å². The molecule has 0 heterocycles. The highest BCUT2D eigenvalue weighted by Crippen LogP contribution is 2.32. The monoisotopic (exact) mass is 236 g/mol. The Labute approximate surface area is 102 Å². The molecule has 1 N–H and O–H groups in total. The number of hydrogen-bond donors (Lipinski definition) is 1. The molecule has 3 nitrogen and oxygen atoms in total. The van der Waals surface area contributed by atoms with E-state index in [4.69, 9.17) is 4.74 Å². The summed E-state index contributed by atoms with van der Waals surface area (Å²) in [5, 5.41) is 9.28. The lowest BCUT2D eigenvalue weighted by Crippen LogP contribution is -2.33. The zero-order valence-corrected chi connectivity index (χ0v) is 10.7. The van der Waals surface area contributed by atoms with E-state index in [2.05, 4.69) is 6.92 Å². The van der Waals surface area contributed by atoms with Gasteiger partial charge in [0.25, 0.3) is 0 Å². The van der Waals surface area contributed by atoms with Gasteiger partial charge in [-0.05, 0) is 31.0 Å². The van der Waals surface area contributed by atoms with Crippen LogP contribution in [0, 0.1) is 0 Å². The molecule has 0 bridgehead atoms. The molecule has 0 aliphatic heterocycles. The van der Waals surface area contributed by atoms with Crippen LogP contribution in [0.5, 0.6) is 5.75 Å². The second-order valence-electron chi connectivity index (χ2n) is 4.47. The Kier molecular flexibility index (Phi) is 4.55. The van der Waals surface area contributed by atoms with Crippen molar-refractivity contribution in [1.29, 1.82) is 0 Å². The Morgan fingerprint density at radius 3 is 2.41 bits per heavy atom. The fourth-order valence-corrected chi connectivity index (χ4v) is 1.95. The molecule has 0 aliphatic carbocycles. The first-order valence-corrected chi connectivity index (χ1v) is 5.92. The number of phenols is 1. The third-order valence-electron chi connectivity index (χ3n) is 3.17. The first-order chi connectivity index (χ1) is 8.04. The smallest absolute Gasteiger partial charge is 0.315 e. The highest BCUT2D eigenvalue weighted by molar-refractivity contribution is 5.82. The van der Waals surface area contributed by atoms with Crippen LogP contribution >= 0.6 is 0 Å². The maximum atomic E-state index is 11.9. The minimum atomic E-state index is -0.627. The van der Waals surface area contributed by atoms with Gasteiger partial charge in [-0.15, -0.1) is 0 Å². The average molecular weight is 236 g/mol. The van der Waals surface area contributed by atoms with E-state index >= 15 is 0 Å². The van der Waals surface area contributed by atoms with E-state index in [9.17, 15) is 9.90 Å². The molecule has 0 aromatic heterocycles. The van der Waals surface area contributed by atoms with Crippen molar-refractivity contribution < 1.29 is 14.6 Å². The van der Waals surface area contributed by atoms with Gasteiger partial charge in [-0.2, -0.15) is 0 Å². The van der Waals surface area contributed by atoms with Crippen LogP contribution < -0.4 is 0 Å². The van der Waals surface area contributed by atoms with E-state index in [0.29, 0.717) is 0 Å². The molecule has 0 amide bonds. The third kappa shape index (κ3) is 2.99. The summed E-state index contributed by atoms with van der Waals surface area (Å²) >= 11 is 0. The number of benzene rings is 1. The number of phenolic OH excluding ortho intramolecular Hbond substituents is 1. The molecule has 1 atom stereocenters. The zero-order valence-electron chi connectivity index (χ0n) is 10.7. The Morgan fingerprint density at radius 1 is 1.35 bits per heavy atom. The Balaban J connectivity index is 3.04. The van der Waals surface area contributed by atoms with Gasteiger partial charge in [0.05, 0.1) is 12.5 Å². The van der Waals surface area contributed by atoms with Crippen LogP contribution in [-0.2, 0) is 14.9 Å². The minimum Gasteiger partial charge on any atom is -0.508 e. The van der Waals surface area contributed by atoms with Crippen LogP contribution in [-0.4, -0.2) is 18.2 Å². The number of hydrogen-bond acceptors (Lipinski definition) is 3. The van der Waals surface area contributed by atoms with Crippen molar-refractivity contribution in [3.8, 4) is 5.75 Å². The highest BCUT2D eigenvalue weighted by atomic mass is 16.5. The number of aromatic hydroxyl groups is 1. The molecule has 3 heteroatoms. The second kappa shape index (κ2) is 5.71. The minimum absolute atomic E-state index is 0.205. The van der Waals surface area contributed by atoms with Crippen LogP contribution in [0.1, 0.15) is 38.7 Å². The van der Waals surface area contributed by atoms with Crippen LogP contribution in [0.15, 0.2) is 24.3 Å². The molecule has 1 aromatic carbocycles. The van der Waals surface area contributed by atoms with E-state index < -0.39 is 5.41 Å². The fraction of sp³-hybridized carbons (Fsp3) is 0.500. The summed E-state index contributed by atoms with van der Waals surface area (Å²) in [4.78, 5) is 11.9. The second-order valence-corrected chi connectivity index (χ2v) is 4.47. The topological polar surface area (TPSA) is 46.5 Å². The maximum absolute atomic E-state index is 11.9. The molecule has 0 saturated carbocycles. The van der Waals surface area contributed by atoms with Crippen molar-refractivity contribution in [2.75, 3.05) is 7.11 Å². The zero-order chi connectivity index (χ0) is 12.9. The van der Waals surface area contributed by atoms with Crippen LogP contribution in [0.2, 0.25) is 0 Å². The Bertz CT molecular complexity index is 370. The van der Waals surface area contributed by atoms with Gasteiger partial charge in [0.2, 0.25) is 0 Å². The van der Waals surface area contributed by atoms with Gasteiger partial charge in [-0.3, -0.25) is 4.79 Å². The van der Waals surface area contributed by atoms with E-state index in [1.165, 1.54) is 7.11 Å². The van der Waals surface area contributed by atoms with E-state index in [-0.39, 0.29) is 11.7 Å². The molecule has 0 aliphatic rings. The summed E-state index contributed by atoms with van der Waals surface area (Å²) in [5.74, 6) is -0.0203. The van der Waals surface area contributed by atoms with Gasteiger partial charge in [0.15, 0.2) is 0 Å². The lowest BCUT2D eigenvalue weighted by molar-refractivity contribution is -0.147. The van der Waals surface area contributed by atoms with E-state index in [1.807, 2.05) is 6.92 Å². The number of carbonyl (C=O) groups is 1. The summed E-state index contributed by atoms with van der Waals surface area (Å²) in [6.45, 7) is 3.98. The summed E-state index contributed by atoms with van der Waals surface area (Å²) in [6, 6.07) is 6.76. The summed E-state index contributed by atoms with van der Waals surface area (Å²) in [6.07, 6.45) is 2.75. The number of carbonyl (C=O) groups excluding carboxylic acids is 1. The van der Waals surface area contributed by atoms with Gasteiger partial charge < -0.3 is 9.84 Å². The van der Waals surface area contributed by atoms with Gasteiger partial charge >= 0.3 is 5.97 Å². The van der Waals surface area contributed by atoms with Crippen LogP contribution in [0.3, 0.4) is 0 Å². The highest BCUT2D eigenvalue weighted by Gasteiger charge is 2.35. The molecule has 0 saturated heterocycles. The van der Waals surface area contributed by atoms with Gasteiger partial charge in [-0.1, -0.05) is 31.9 Å². The Morgan fingerprint density at radius 2 is 1.94 bits per heavy atom. The van der Waals surface area contributed by atoms with Gasteiger partial charge in [0, 0.05) is 0 Å². The molecular formula is C14H20O3. The number of esters is 1. The molecule has 1 aromatic rings. The standard InChI is InChI=1S/C14H20O3/c1-4-5-10-14(2,13(16)17-3)11-6-8-12(15)9-7-11/h6-9,15H,4-5,10H2,1-3H3. The molecule has 0 radical (unpaired) electrons. The maximum Gasteiger partial charge on any atom is 0.315 e. The normalized spacial score (nSPS) is 14.1. The number of ether oxygens (including phenoxy) is 1. The first-order valence-electron chi connectivity index (χ1n) is 5.92. The molecule has 1 rings (SSSR count). The lowest BCUT2D eigenvalue weighted by atomic mass is 9.78. The van der Waals surface area contributed by atoms with Crippen molar-refractivity contribution in [1.82, 2.24) is 0 Å². The lowest BCUT2D eigenvalue weighted by Gasteiger charge is -2.27. The third-order valence-corrected chi connectivity index (χ3v) is 3.17. The molecule has 94 valence electrons. The fourth-order valence-electron chi connectivity index (χ4n) is 1.95. The molecule has 0 spiro atoms. The van der Waals surface area contributed by atoms with Crippen LogP contribution in [0.4, 0.5) is 0 Å². The molecule has 1 unspecified atom stereocenters. The number of rotatable bonds is 5. The van der Waals surface area contributed by atoms with Gasteiger partial charge in [0.1, 0.15) is 5.75 Å². The SMILES string of the molecule is CCCCC(C)(C(=O)OC)c1ccc(O)cc1. The Hall–Kier alpha value is -1.51. The van der Waals surface area contributed by atoms with E-state index in [1.54, 1.807) is 24.3 Å². The quantitative estimate of drug-likeness (QED) is 0.799. The predicted molar refractivity (Wildman–Crippen MR) is 67.0 cm³/mol. The predicted octanol–water partition coefficient (Wildman–Crippen LogP) is 3.01. The molecule has 0 fully saturated rings. The molecule has 17 heavy (non-hydrogen) atoms. The van der Waals surface area contributed by atoms with Crippen molar-refractivity contribution in [3.05, 3.63) is 29.8 Å². The largest absolute Gasteiger partial charge is 0.508 e. The molecular weight excluding hydrogens is 216 g/mol. The summed E-state index contributed by atoms with van der Waals surface area (Å²) < 4.78 is 4.90. The van der Waals surface area contributed by atoms with Crippen LogP contribution in [0.25, 0.3) is 0 Å².